The van der Waals surface area contributed by atoms with E-state index in [2.05, 4.69) is 34.9 Å². The van der Waals surface area contributed by atoms with Crippen LogP contribution in [-0.2, 0) is 9.59 Å². The molecule has 0 aliphatic carbocycles. The zero-order chi connectivity index (χ0) is 20.8. The summed E-state index contributed by atoms with van der Waals surface area (Å²) in [4.78, 5) is 23.3. The maximum Gasteiger partial charge on any atom is 0.240 e. The third-order valence-corrected chi connectivity index (χ3v) is 4.16. The van der Waals surface area contributed by atoms with E-state index >= 15 is 0 Å². The Hall–Kier alpha value is -2.70. The summed E-state index contributed by atoms with van der Waals surface area (Å²) in [7, 11) is 0. The van der Waals surface area contributed by atoms with Crippen molar-refractivity contribution in [2.75, 3.05) is 0 Å². The van der Waals surface area contributed by atoms with Gasteiger partial charge in [0, 0.05) is 18.4 Å². The maximum atomic E-state index is 11.7. The molecule has 0 aliphatic heterocycles. The normalized spacial score (nSPS) is 11.2. The van der Waals surface area contributed by atoms with Crippen molar-refractivity contribution in [2.45, 2.75) is 72.1 Å². The Kier molecular flexibility index (Phi) is 11.2. The highest BCUT2D eigenvalue weighted by atomic mass is 16.3. The molecule has 0 spiro atoms. The van der Waals surface area contributed by atoms with Crippen molar-refractivity contribution in [1.29, 1.82) is 0 Å². The van der Waals surface area contributed by atoms with E-state index in [0.29, 0.717) is 29.5 Å². The standard InChI is InChI=1S/C21H32N4O3/c1-4-6-8-10-19(26)24-22-14-17-12-16(3)21(28)18(13-17)15-23-25-20(27)11-9-7-5-2/h12-15,28H,4-11H2,1-3H3,(H,24,26)(H,25,27)/b22-14?,23-15+. The molecule has 0 atom stereocenters. The SMILES string of the molecule is CCCCCC(=O)NN=Cc1cc(C)c(O)c(/C=N/NC(=O)CCCCC)c1. The molecule has 3 N–H and O–H groups in total. The molecule has 1 rings (SSSR count). The van der Waals surface area contributed by atoms with Crippen LogP contribution in [0.1, 0.15) is 81.9 Å². The number of hydrazone groups is 2. The van der Waals surface area contributed by atoms with Crippen molar-refractivity contribution in [1.82, 2.24) is 10.9 Å². The van der Waals surface area contributed by atoms with Crippen molar-refractivity contribution in [2.24, 2.45) is 10.2 Å². The van der Waals surface area contributed by atoms with Gasteiger partial charge in [0.25, 0.3) is 0 Å². The Morgan fingerprint density at radius 1 is 0.929 bits per heavy atom. The van der Waals surface area contributed by atoms with Crippen LogP contribution in [0.4, 0.5) is 0 Å². The smallest absolute Gasteiger partial charge is 0.240 e. The first kappa shape index (κ1) is 23.3. The number of nitrogens with one attached hydrogen (secondary N) is 2. The molecule has 0 unspecified atom stereocenters. The zero-order valence-corrected chi connectivity index (χ0v) is 17.1. The summed E-state index contributed by atoms with van der Waals surface area (Å²) < 4.78 is 0. The molecular weight excluding hydrogens is 356 g/mol. The van der Waals surface area contributed by atoms with Crippen LogP contribution in [0.3, 0.4) is 0 Å². The molecule has 0 radical (unpaired) electrons. The van der Waals surface area contributed by atoms with E-state index in [9.17, 15) is 14.7 Å². The van der Waals surface area contributed by atoms with E-state index in [1.807, 2.05) is 0 Å². The van der Waals surface area contributed by atoms with Crippen molar-refractivity contribution >= 4 is 24.2 Å². The van der Waals surface area contributed by atoms with Crippen LogP contribution >= 0.6 is 0 Å². The van der Waals surface area contributed by atoms with E-state index in [1.165, 1.54) is 12.4 Å². The van der Waals surface area contributed by atoms with E-state index in [1.54, 1.807) is 19.1 Å². The second-order valence-electron chi connectivity index (χ2n) is 6.78. The van der Waals surface area contributed by atoms with E-state index in [4.69, 9.17) is 0 Å². The summed E-state index contributed by atoms with van der Waals surface area (Å²) >= 11 is 0. The van der Waals surface area contributed by atoms with Gasteiger partial charge in [0.2, 0.25) is 11.8 Å². The topological polar surface area (TPSA) is 103 Å². The molecule has 7 heteroatoms. The summed E-state index contributed by atoms with van der Waals surface area (Å²) in [6, 6.07) is 3.44. The number of amides is 2. The van der Waals surface area contributed by atoms with E-state index in [-0.39, 0.29) is 17.6 Å². The van der Waals surface area contributed by atoms with Gasteiger partial charge in [-0.3, -0.25) is 9.59 Å². The van der Waals surface area contributed by atoms with Crippen LogP contribution in [0.2, 0.25) is 0 Å². The molecule has 0 aromatic heterocycles. The Labute approximate surface area is 167 Å². The van der Waals surface area contributed by atoms with E-state index < -0.39 is 0 Å². The highest BCUT2D eigenvalue weighted by Crippen LogP contribution is 2.21. The van der Waals surface area contributed by atoms with Gasteiger partial charge in [-0.05, 0) is 43.0 Å². The van der Waals surface area contributed by atoms with Gasteiger partial charge < -0.3 is 5.11 Å². The molecule has 0 saturated heterocycles. The molecule has 0 heterocycles. The van der Waals surface area contributed by atoms with Crippen molar-refractivity contribution < 1.29 is 14.7 Å². The first-order valence-corrected chi connectivity index (χ1v) is 9.95. The number of aromatic hydroxyl groups is 1. The number of benzene rings is 1. The molecule has 28 heavy (non-hydrogen) atoms. The number of hydrogen-bond acceptors (Lipinski definition) is 5. The first-order chi connectivity index (χ1) is 13.5. The number of nitrogens with zero attached hydrogens (tertiary/aromatic N) is 2. The number of hydrogen-bond donors (Lipinski definition) is 3. The van der Waals surface area contributed by atoms with Crippen LogP contribution in [0, 0.1) is 6.92 Å². The lowest BCUT2D eigenvalue weighted by Crippen LogP contribution is -2.17. The van der Waals surface area contributed by atoms with Crippen molar-refractivity contribution in [3.05, 3.63) is 28.8 Å². The Bertz CT molecular complexity index is 699. The molecule has 154 valence electrons. The average Bonchev–Trinajstić information content (AvgIpc) is 2.66. The van der Waals surface area contributed by atoms with Gasteiger partial charge in [0.1, 0.15) is 5.75 Å². The van der Waals surface area contributed by atoms with Crippen LogP contribution in [0.25, 0.3) is 0 Å². The Morgan fingerprint density at radius 2 is 1.46 bits per heavy atom. The Balaban J connectivity index is 2.65. The second kappa shape index (κ2) is 13.5. The fraction of sp³-hybridized carbons (Fsp3) is 0.524. The monoisotopic (exact) mass is 388 g/mol. The van der Waals surface area contributed by atoms with Gasteiger partial charge in [-0.1, -0.05) is 39.5 Å². The summed E-state index contributed by atoms with van der Waals surface area (Å²) in [5.41, 5.74) is 6.79. The van der Waals surface area contributed by atoms with Gasteiger partial charge in [0.05, 0.1) is 12.4 Å². The van der Waals surface area contributed by atoms with Crippen LogP contribution in [-0.4, -0.2) is 29.4 Å². The van der Waals surface area contributed by atoms with Gasteiger partial charge in [0.15, 0.2) is 0 Å². The van der Waals surface area contributed by atoms with Crippen molar-refractivity contribution in [3.8, 4) is 5.75 Å². The molecule has 1 aromatic carbocycles. The largest absolute Gasteiger partial charge is 0.507 e. The van der Waals surface area contributed by atoms with Crippen LogP contribution in [0.5, 0.6) is 5.75 Å². The molecule has 7 nitrogen and oxygen atoms in total. The number of rotatable bonds is 12. The summed E-state index contributed by atoms with van der Waals surface area (Å²) in [6.45, 7) is 5.92. The van der Waals surface area contributed by atoms with Crippen molar-refractivity contribution in [3.63, 3.8) is 0 Å². The highest BCUT2D eigenvalue weighted by molar-refractivity contribution is 5.90. The predicted molar refractivity (Wildman–Crippen MR) is 113 cm³/mol. The molecule has 2 amide bonds. The Morgan fingerprint density at radius 3 is 2.00 bits per heavy atom. The third-order valence-electron chi connectivity index (χ3n) is 4.16. The summed E-state index contributed by atoms with van der Waals surface area (Å²) in [5, 5.41) is 18.1. The first-order valence-electron chi connectivity index (χ1n) is 9.95. The highest BCUT2D eigenvalue weighted by Gasteiger charge is 2.06. The minimum absolute atomic E-state index is 0.0877. The number of aryl methyl sites for hydroxylation is 1. The van der Waals surface area contributed by atoms with E-state index in [0.717, 1.165) is 38.5 Å². The lowest BCUT2D eigenvalue weighted by atomic mass is 10.1. The zero-order valence-electron chi connectivity index (χ0n) is 17.1. The number of unbranched alkanes of at least 4 members (excludes halogenated alkanes) is 4. The number of carbonyl (C=O) groups is 2. The van der Waals surface area contributed by atoms with Crippen LogP contribution < -0.4 is 10.9 Å². The molecular formula is C21H32N4O3. The number of phenols is 1. The molecule has 0 bridgehead atoms. The lowest BCUT2D eigenvalue weighted by Gasteiger charge is -2.05. The molecule has 0 saturated carbocycles. The van der Waals surface area contributed by atoms with Crippen LogP contribution in [0.15, 0.2) is 22.3 Å². The van der Waals surface area contributed by atoms with Gasteiger partial charge in [-0.15, -0.1) is 0 Å². The maximum absolute atomic E-state index is 11.7. The number of phenolic OH excluding ortho intramolecular Hbond substituents is 1. The summed E-state index contributed by atoms with van der Waals surface area (Å²) in [5.74, 6) is -0.179. The summed E-state index contributed by atoms with van der Waals surface area (Å²) in [6.07, 6.45) is 9.63. The average molecular weight is 389 g/mol. The van der Waals surface area contributed by atoms with Gasteiger partial charge in [-0.25, -0.2) is 10.9 Å². The fourth-order valence-corrected chi connectivity index (χ4v) is 2.54. The van der Waals surface area contributed by atoms with Gasteiger partial charge >= 0.3 is 0 Å². The number of carbonyl (C=O) groups excluding carboxylic acids is 2. The molecule has 1 aromatic rings. The molecule has 0 aliphatic rings. The minimum atomic E-state index is -0.149. The third kappa shape index (κ3) is 9.30. The van der Waals surface area contributed by atoms with Gasteiger partial charge in [-0.2, -0.15) is 10.2 Å². The quantitative estimate of drug-likeness (QED) is 0.288. The fourth-order valence-electron chi connectivity index (χ4n) is 2.54. The minimum Gasteiger partial charge on any atom is -0.507 e. The predicted octanol–water partition coefficient (Wildman–Crippen LogP) is 3.76. The lowest BCUT2D eigenvalue weighted by molar-refractivity contribution is -0.122. The molecule has 0 fully saturated rings. The second-order valence-corrected chi connectivity index (χ2v) is 6.78.